The number of carbonyl (C=O) groups excluding carboxylic acids is 6. The average Bonchev–Trinajstić information content (AvgIpc) is 3.55. The SMILES string of the molecule is C=CCNC(=O)C(=O)C(CCCC)NC(=O)[C@@H]1CC(OC(=O)N2CCc3ccccc3C2)CN1C(=O)[C@@H](NC(=O)N[C@H](CN(C)S(C)(=O)=O)C(C)(C)C)C(C)(C)C. The summed E-state index contributed by atoms with van der Waals surface area (Å²) < 4.78 is 31.5. The van der Waals surface area contributed by atoms with E-state index in [-0.39, 0.29) is 32.5 Å². The van der Waals surface area contributed by atoms with Gasteiger partial charge < -0.3 is 35.8 Å². The van der Waals surface area contributed by atoms with Crippen molar-refractivity contribution in [3.05, 3.63) is 48.0 Å². The highest BCUT2D eigenvalue weighted by Crippen LogP contribution is 2.29. The Morgan fingerprint density at radius 2 is 1.65 bits per heavy atom. The van der Waals surface area contributed by atoms with Crippen molar-refractivity contribution >= 4 is 45.7 Å². The molecule has 0 aromatic heterocycles. The van der Waals surface area contributed by atoms with E-state index in [0.29, 0.717) is 32.4 Å². The van der Waals surface area contributed by atoms with Crippen LogP contribution in [0.15, 0.2) is 36.9 Å². The Kier molecular flexibility index (Phi) is 16.3. The van der Waals surface area contributed by atoms with Gasteiger partial charge in [-0.15, -0.1) is 6.58 Å². The van der Waals surface area contributed by atoms with E-state index in [4.69, 9.17) is 4.74 Å². The van der Waals surface area contributed by atoms with E-state index in [1.165, 1.54) is 18.0 Å². The Hall–Kier alpha value is -4.51. The maximum absolute atomic E-state index is 14.6. The van der Waals surface area contributed by atoms with Crippen LogP contribution in [-0.2, 0) is 46.9 Å². The summed E-state index contributed by atoms with van der Waals surface area (Å²) >= 11 is 0. The Bertz CT molecular complexity index is 1760. The Labute approximate surface area is 337 Å². The van der Waals surface area contributed by atoms with Crippen LogP contribution in [0, 0.1) is 10.8 Å². The number of nitrogens with zero attached hydrogens (tertiary/aromatic N) is 3. The molecule has 0 saturated carbocycles. The Morgan fingerprint density at radius 3 is 2.23 bits per heavy atom. The van der Waals surface area contributed by atoms with Crippen LogP contribution in [-0.4, -0.2) is 128 Å². The van der Waals surface area contributed by atoms with Crippen molar-refractivity contribution in [1.29, 1.82) is 0 Å². The second-order valence-corrected chi connectivity index (χ2v) is 19.2. The van der Waals surface area contributed by atoms with Gasteiger partial charge in [0, 0.05) is 45.7 Å². The molecule has 5 atom stereocenters. The van der Waals surface area contributed by atoms with Crippen molar-refractivity contribution in [1.82, 2.24) is 35.4 Å². The number of carbonyl (C=O) groups is 6. The number of ketones is 1. The maximum atomic E-state index is 14.6. The smallest absolute Gasteiger partial charge is 0.410 e. The molecule has 1 aromatic carbocycles. The zero-order valence-electron chi connectivity index (χ0n) is 35.0. The van der Waals surface area contributed by atoms with Gasteiger partial charge in [0.2, 0.25) is 27.6 Å². The van der Waals surface area contributed by atoms with Gasteiger partial charge in [-0.3, -0.25) is 19.2 Å². The normalized spacial score (nSPS) is 18.8. The van der Waals surface area contributed by atoms with Gasteiger partial charge in [-0.2, -0.15) is 0 Å². The molecule has 318 valence electrons. The Morgan fingerprint density at radius 1 is 1.00 bits per heavy atom. The van der Waals surface area contributed by atoms with Gasteiger partial charge in [-0.05, 0) is 34.8 Å². The fourth-order valence-corrected chi connectivity index (χ4v) is 7.09. The van der Waals surface area contributed by atoms with E-state index in [2.05, 4.69) is 27.8 Å². The largest absolute Gasteiger partial charge is 0.444 e. The number of rotatable bonds is 16. The standard InChI is InChI=1S/C40H63N7O9S/c1-11-13-18-29(32(48)35(50)41-20-12-2)42-34(49)30-22-28(56-38(53)46-21-19-26-16-14-15-17-27(26)23-46)24-47(30)36(51)33(40(6,7)8)44-37(52)43-31(39(3,4)5)25-45(9)57(10,54)55/h12,14-17,28-31,33H,2,11,13,18-25H2,1,3-10H3,(H,41,50)(H,42,49)(H2,43,44,52)/t28?,29?,30-,31+,33+/m0/s1. The van der Waals surface area contributed by atoms with Gasteiger partial charge in [0.25, 0.3) is 5.91 Å². The molecule has 17 heteroatoms. The van der Waals surface area contributed by atoms with Gasteiger partial charge in [-0.1, -0.05) is 91.6 Å². The number of likely N-dealkylation sites (tertiary alicyclic amines) is 1. The van der Waals surface area contributed by atoms with Crippen molar-refractivity contribution in [2.45, 2.75) is 117 Å². The molecule has 1 fully saturated rings. The number of benzene rings is 1. The third-order valence-electron chi connectivity index (χ3n) is 10.4. The van der Waals surface area contributed by atoms with Gasteiger partial charge in [0.05, 0.1) is 18.8 Å². The first-order chi connectivity index (χ1) is 26.5. The number of ether oxygens (including phenoxy) is 1. The topological polar surface area (TPSA) is 204 Å². The lowest BCUT2D eigenvalue weighted by atomic mass is 9.85. The molecular formula is C40H63N7O9S. The summed E-state index contributed by atoms with van der Waals surface area (Å²) in [6.07, 6.45) is 2.90. The zero-order chi connectivity index (χ0) is 42.9. The number of amides is 6. The van der Waals surface area contributed by atoms with Crippen molar-refractivity contribution in [2.24, 2.45) is 10.8 Å². The van der Waals surface area contributed by atoms with Gasteiger partial charge >= 0.3 is 12.1 Å². The van der Waals surface area contributed by atoms with Gasteiger partial charge in [0.15, 0.2) is 0 Å². The molecule has 6 amide bonds. The predicted octanol–water partition coefficient (Wildman–Crippen LogP) is 2.72. The predicted molar refractivity (Wildman–Crippen MR) is 216 cm³/mol. The average molecular weight is 818 g/mol. The number of unbranched alkanes of at least 4 members (excludes halogenated alkanes) is 1. The van der Waals surface area contributed by atoms with Crippen molar-refractivity contribution in [2.75, 3.05) is 39.5 Å². The number of urea groups is 1. The minimum Gasteiger partial charge on any atom is -0.444 e. The minimum atomic E-state index is -3.57. The van der Waals surface area contributed by atoms with Gasteiger partial charge in [-0.25, -0.2) is 22.3 Å². The summed E-state index contributed by atoms with van der Waals surface area (Å²) in [5, 5.41) is 10.8. The van der Waals surface area contributed by atoms with E-state index in [0.717, 1.165) is 21.7 Å². The van der Waals surface area contributed by atoms with Gasteiger partial charge in [0.1, 0.15) is 18.2 Å². The number of sulfonamides is 1. The van der Waals surface area contributed by atoms with Crippen LogP contribution in [0.1, 0.15) is 85.3 Å². The third-order valence-corrected chi connectivity index (χ3v) is 11.6. The molecule has 2 heterocycles. The molecular weight excluding hydrogens is 755 g/mol. The molecule has 3 rings (SSSR count). The molecule has 2 aliphatic rings. The molecule has 2 unspecified atom stereocenters. The lowest BCUT2D eigenvalue weighted by Gasteiger charge is -2.37. The zero-order valence-corrected chi connectivity index (χ0v) is 35.8. The number of Topliss-reactive ketones (excluding diaryl/α,β-unsaturated/α-hetero) is 1. The monoisotopic (exact) mass is 817 g/mol. The van der Waals surface area contributed by atoms with E-state index in [9.17, 15) is 37.2 Å². The fraction of sp³-hybridized carbons (Fsp3) is 0.650. The van der Waals surface area contributed by atoms with Crippen molar-refractivity contribution in [3.8, 4) is 0 Å². The van der Waals surface area contributed by atoms with Crippen LogP contribution < -0.4 is 21.3 Å². The highest BCUT2D eigenvalue weighted by molar-refractivity contribution is 7.88. The molecule has 0 spiro atoms. The first-order valence-corrected chi connectivity index (χ1v) is 21.4. The lowest BCUT2D eigenvalue weighted by Crippen LogP contribution is -2.62. The summed E-state index contributed by atoms with van der Waals surface area (Å²) in [6, 6.07) is 2.79. The van der Waals surface area contributed by atoms with Crippen LogP contribution in [0.2, 0.25) is 0 Å². The van der Waals surface area contributed by atoms with E-state index in [1.54, 1.807) is 25.7 Å². The molecule has 0 bridgehead atoms. The molecule has 0 radical (unpaired) electrons. The molecule has 4 N–H and O–H groups in total. The van der Waals surface area contributed by atoms with Crippen LogP contribution >= 0.6 is 0 Å². The van der Waals surface area contributed by atoms with Crippen LogP contribution in [0.4, 0.5) is 9.59 Å². The molecule has 0 aliphatic carbocycles. The summed E-state index contributed by atoms with van der Waals surface area (Å²) in [5.41, 5.74) is 0.643. The van der Waals surface area contributed by atoms with E-state index >= 15 is 0 Å². The fourth-order valence-electron chi connectivity index (χ4n) is 6.67. The molecule has 57 heavy (non-hydrogen) atoms. The summed E-state index contributed by atoms with van der Waals surface area (Å²) in [5.74, 6) is -3.08. The first kappa shape index (κ1) is 46.9. The van der Waals surface area contributed by atoms with Crippen molar-refractivity contribution < 1.29 is 41.9 Å². The van der Waals surface area contributed by atoms with Crippen LogP contribution in [0.3, 0.4) is 0 Å². The maximum Gasteiger partial charge on any atom is 0.410 e. The second kappa shape index (κ2) is 19.8. The third kappa shape index (κ3) is 13.3. The van der Waals surface area contributed by atoms with E-state index < -0.39 is 86.8 Å². The molecule has 16 nitrogen and oxygen atoms in total. The summed E-state index contributed by atoms with van der Waals surface area (Å²) in [6.45, 7) is 16.8. The molecule has 2 aliphatic heterocycles. The van der Waals surface area contributed by atoms with Crippen molar-refractivity contribution in [3.63, 3.8) is 0 Å². The first-order valence-electron chi connectivity index (χ1n) is 19.5. The number of hydrogen-bond donors (Lipinski definition) is 4. The number of nitrogens with one attached hydrogen (secondary N) is 4. The number of likely N-dealkylation sites (N-methyl/N-ethyl adjacent to an activating group) is 1. The van der Waals surface area contributed by atoms with E-state index in [1.807, 2.05) is 52.0 Å². The van der Waals surface area contributed by atoms with Crippen LogP contribution in [0.25, 0.3) is 0 Å². The Balaban J connectivity index is 1.92. The highest BCUT2D eigenvalue weighted by Gasteiger charge is 2.47. The minimum absolute atomic E-state index is 0.0303. The number of hydrogen-bond acceptors (Lipinski definition) is 9. The summed E-state index contributed by atoms with van der Waals surface area (Å²) in [4.78, 5) is 84.7. The van der Waals surface area contributed by atoms with Crippen LogP contribution in [0.5, 0.6) is 0 Å². The summed E-state index contributed by atoms with van der Waals surface area (Å²) in [7, 11) is -2.15. The second-order valence-electron chi connectivity index (χ2n) is 17.1. The lowest BCUT2D eigenvalue weighted by molar-refractivity contribution is -0.143. The quantitative estimate of drug-likeness (QED) is 0.143. The molecule has 1 aromatic rings. The number of fused-ring (bicyclic) bond motifs is 1. The highest BCUT2D eigenvalue weighted by atomic mass is 32.2. The molecule has 1 saturated heterocycles.